The number of hydrogen-bond acceptors (Lipinski definition) is 4. The highest BCUT2D eigenvalue weighted by Gasteiger charge is 2.34. The molecule has 4 rings (SSSR count). The molecule has 0 heterocycles. The smallest absolute Gasteiger partial charge is 0.359 e. The Hall–Kier alpha value is -2.75. The normalized spacial score (nSPS) is 12.7. The number of benzene rings is 4. The lowest BCUT2D eigenvalue weighted by Crippen LogP contribution is -2.14. The van der Waals surface area contributed by atoms with Crippen LogP contribution in [0.5, 0.6) is 0 Å². The second kappa shape index (κ2) is 10.7. The van der Waals surface area contributed by atoms with E-state index in [1.165, 1.54) is 0 Å². The van der Waals surface area contributed by atoms with E-state index in [0.29, 0.717) is 6.42 Å². The minimum atomic E-state index is -3.78. The highest BCUT2D eigenvalue weighted by Crippen LogP contribution is 2.54. The van der Waals surface area contributed by atoms with Gasteiger partial charge in [0, 0.05) is 0 Å². The molecule has 0 aliphatic heterocycles. The Morgan fingerprint density at radius 1 is 0.688 bits per heavy atom. The van der Waals surface area contributed by atoms with Crippen LogP contribution >= 0.6 is 7.60 Å². The summed E-state index contributed by atoms with van der Waals surface area (Å²) < 4.78 is 25.2. The van der Waals surface area contributed by atoms with Gasteiger partial charge in [0.2, 0.25) is 0 Å². The first-order valence-corrected chi connectivity index (χ1v) is 12.4. The molecule has 32 heavy (non-hydrogen) atoms. The van der Waals surface area contributed by atoms with Gasteiger partial charge in [-0.15, -0.1) is 0 Å². The summed E-state index contributed by atoms with van der Waals surface area (Å²) in [6, 6.07) is 33.2. The zero-order chi connectivity index (χ0) is 22.2. The van der Waals surface area contributed by atoms with E-state index in [-0.39, 0.29) is 19.6 Å². The maximum atomic E-state index is 13.7. The summed E-state index contributed by atoms with van der Waals surface area (Å²) in [6.07, 6.45) is 0.838. The van der Waals surface area contributed by atoms with E-state index in [1.54, 1.807) is 0 Å². The molecule has 1 atom stereocenters. The van der Waals surface area contributed by atoms with Gasteiger partial charge >= 0.3 is 7.60 Å². The van der Waals surface area contributed by atoms with Crippen LogP contribution in [0.4, 0.5) is 0 Å². The molecule has 0 fully saturated rings. The first-order chi connectivity index (χ1) is 15.6. The summed E-state index contributed by atoms with van der Waals surface area (Å²) in [5.41, 5.74) is 2.84. The zero-order valence-electron chi connectivity index (χ0n) is 17.8. The van der Waals surface area contributed by atoms with E-state index in [1.807, 2.05) is 84.9 Å². The Morgan fingerprint density at radius 2 is 1.22 bits per heavy atom. The van der Waals surface area contributed by atoms with Crippen LogP contribution in [0.1, 0.15) is 23.1 Å². The molecular weight excluding hydrogens is 419 g/mol. The predicted molar refractivity (Wildman–Crippen MR) is 128 cm³/mol. The van der Waals surface area contributed by atoms with Gasteiger partial charge in [-0.2, -0.15) is 0 Å². The number of aliphatic hydroxyl groups excluding tert-OH is 1. The van der Waals surface area contributed by atoms with Crippen molar-refractivity contribution in [3.8, 4) is 0 Å². The molecule has 0 radical (unpaired) electrons. The fourth-order valence-electron chi connectivity index (χ4n) is 3.64. The molecule has 0 saturated heterocycles. The largest absolute Gasteiger partial charge is 0.380 e. The van der Waals surface area contributed by atoms with Gasteiger partial charge in [0.25, 0.3) is 0 Å². The molecule has 1 N–H and O–H groups in total. The Labute approximate surface area is 189 Å². The van der Waals surface area contributed by atoms with E-state index >= 15 is 0 Å². The molecule has 4 aromatic carbocycles. The van der Waals surface area contributed by atoms with Crippen molar-refractivity contribution in [2.24, 2.45) is 0 Å². The van der Waals surface area contributed by atoms with Crippen LogP contribution in [0.25, 0.3) is 10.8 Å². The molecule has 4 aromatic rings. The third-order valence-corrected chi connectivity index (χ3v) is 7.39. The summed E-state index contributed by atoms with van der Waals surface area (Å²) in [6.45, 7) is 0.219. The van der Waals surface area contributed by atoms with Crippen LogP contribution in [0.2, 0.25) is 0 Å². The minimum Gasteiger partial charge on any atom is -0.380 e. The van der Waals surface area contributed by atoms with Gasteiger partial charge in [-0.25, -0.2) is 0 Å². The fourth-order valence-corrected chi connectivity index (χ4v) is 5.16. The first-order valence-electron chi connectivity index (χ1n) is 10.8. The summed E-state index contributed by atoms with van der Waals surface area (Å²) in [5.74, 6) is -1.23. The highest BCUT2D eigenvalue weighted by atomic mass is 31.2. The number of fused-ring (bicyclic) bond motifs is 1. The quantitative estimate of drug-likeness (QED) is 0.275. The van der Waals surface area contributed by atoms with E-state index in [9.17, 15) is 9.67 Å². The Balaban J connectivity index is 1.48. The molecule has 0 spiro atoms. The molecule has 4 nitrogen and oxygen atoms in total. The maximum Gasteiger partial charge on any atom is 0.359 e. The van der Waals surface area contributed by atoms with Crippen LogP contribution in [-0.2, 0) is 33.2 Å². The zero-order valence-corrected chi connectivity index (χ0v) is 18.7. The van der Waals surface area contributed by atoms with Gasteiger partial charge in [0.05, 0.1) is 13.2 Å². The van der Waals surface area contributed by atoms with Crippen molar-refractivity contribution in [2.45, 2.75) is 31.9 Å². The molecule has 0 bridgehead atoms. The van der Waals surface area contributed by atoms with Crippen LogP contribution in [0.3, 0.4) is 0 Å². The molecule has 5 heteroatoms. The summed E-state index contributed by atoms with van der Waals surface area (Å²) >= 11 is 0. The van der Waals surface area contributed by atoms with E-state index in [0.717, 1.165) is 27.5 Å². The van der Waals surface area contributed by atoms with Crippen molar-refractivity contribution >= 4 is 18.4 Å². The molecule has 164 valence electrons. The minimum absolute atomic E-state index is 0.109. The lowest BCUT2D eigenvalue weighted by Gasteiger charge is -2.24. The standard InChI is InChI=1S/C27H27O4P/c28-27(19-18-25-16-9-15-24-14-7-8-17-26(24)25)32(29,30-20-22-10-3-1-4-11-22)31-21-23-12-5-2-6-13-23/h1-17,27-28H,18-21H2. The third-order valence-electron chi connectivity index (χ3n) is 5.42. The monoisotopic (exact) mass is 446 g/mol. The SMILES string of the molecule is O=P(OCc1ccccc1)(OCc1ccccc1)C(O)CCc1cccc2ccccc12. The molecule has 0 aliphatic rings. The summed E-state index contributed by atoms with van der Waals surface area (Å²) in [4.78, 5) is 0. The van der Waals surface area contributed by atoms with Crippen LogP contribution in [0.15, 0.2) is 103 Å². The van der Waals surface area contributed by atoms with Crippen LogP contribution < -0.4 is 0 Å². The van der Waals surface area contributed by atoms with Crippen molar-refractivity contribution in [3.05, 3.63) is 120 Å². The van der Waals surface area contributed by atoms with Crippen molar-refractivity contribution in [1.29, 1.82) is 0 Å². The maximum absolute atomic E-state index is 13.7. The average molecular weight is 446 g/mol. The average Bonchev–Trinajstić information content (AvgIpc) is 2.86. The Morgan fingerprint density at radius 3 is 1.84 bits per heavy atom. The number of aryl methyl sites for hydroxylation is 1. The van der Waals surface area contributed by atoms with Crippen molar-refractivity contribution in [3.63, 3.8) is 0 Å². The fraction of sp³-hybridized carbons (Fsp3) is 0.185. The highest BCUT2D eigenvalue weighted by molar-refractivity contribution is 7.54. The second-order valence-electron chi connectivity index (χ2n) is 7.72. The second-order valence-corrected chi connectivity index (χ2v) is 9.91. The van der Waals surface area contributed by atoms with E-state index in [4.69, 9.17) is 9.05 Å². The summed E-state index contributed by atoms with van der Waals surface area (Å²) in [7, 11) is -3.78. The van der Waals surface area contributed by atoms with Gasteiger partial charge in [-0.05, 0) is 40.3 Å². The molecule has 0 amide bonds. The number of rotatable bonds is 10. The van der Waals surface area contributed by atoms with Crippen molar-refractivity contribution < 1.29 is 18.7 Å². The molecular formula is C27H27O4P. The topological polar surface area (TPSA) is 55.8 Å². The number of aliphatic hydroxyl groups is 1. The lowest BCUT2D eigenvalue weighted by atomic mass is 10.0. The van der Waals surface area contributed by atoms with Gasteiger partial charge in [-0.3, -0.25) is 4.57 Å². The molecule has 1 unspecified atom stereocenters. The van der Waals surface area contributed by atoms with Gasteiger partial charge in [0.1, 0.15) is 0 Å². The Bertz CT molecular complexity index is 1130. The predicted octanol–water partition coefficient (Wildman–Crippen LogP) is 6.72. The van der Waals surface area contributed by atoms with E-state index < -0.39 is 13.4 Å². The van der Waals surface area contributed by atoms with Gasteiger partial charge < -0.3 is 14.2 Å². The molecule has 0 aliphatic carbocycles. The molecule has 0 aromatic heterocycles. The van der Waals surface area contributed by atoms with Crippen LogP contribution in [-0.4, -0.2) is 11.0 Å². The summed E-state index contributed by atoms with van der Waals surface area (Å²) in [5, 5.41) is 13.2. The lowest BCUT2D eigenvalue weighted by molar-refractivity contribution is 0.128. The first kappa shape index (κ1) is 22.4. The Kier molecular flexibility index (Phi) is 7.51. The third kappa shape index (κ3) is 5.73. The van der Waals surface area contributed by atoms with Gasteiger partial charge in [-0.1, -0.05) is 103 Å². The van der Waals surface area contributed by atoms with Crippen molar-refractivity contribution in [2.75, 3.05) is 0 Å². The molecule has 0 saturated carbocycles. The van der Waals surface area contributed by atoms with E-state index in [2.05, 4.69) is 18.2 Å². The van der Waals surface area contributed by atoms with Crippen molar-refractivity contribution in [1.82, 2.24) is 0 Å². The number of hydrogen-bond donors (Lipinski definition) is 1. The van der Waals surface area contributed by atoms with Gasteiger partial charge in [0.15, 0.2) is 5.85 Å². The van der Waals surface area contributed by atoms with Crippen LogP contribution in [0, 0.1) is 0 Å².